The van der Waals surface area contributed by atoms with Gasteiger partial charge in [-0.1, -0.05) is 30.3 Å². The molecule has 0 N–H and O–H groups in total. The number of carbonyl (C=O) groups is 1. The molecule has 0 aliphatic carbocycles. The van der Waals surface area contributed by atoms with Crippen LogP contribution < -0.4 is 0 Å². The van der Waals surface area contributed by atoms with Crippen molar-refractivity contribution in [2.45, 2.75) is 32.0 Å². The molecule has 2 aromatic rings. The minimum Gasteiger partial charge on any atom is -0.456 e. The van der Waals surface area contributed by atoms with E-state index in [2.05, 4.69) is 0 Å². The molecule has 1 heterocycles. The van der Waals surface area contributed by atoms with E-state index < -0.39 is 0 Å². The topological polar surface area (TPSA) is 35.5 Å². The van der Waals surface area contributed by atoms with Gasteiger partial charge in [0.05, 0.1) is 18.3 Å². The van der Waals surface area contributed by atoms with E-state index in [1.807, 2.05) is 49.4 Å². The first-order valence-electron chi connectivity index (χ1n) is 7.04. The molecule has 104 valence electrons. The van der Waals surface area contributed by atoms with Gasteiger partial charge in [0.15, 0.2) is 0 Å². The third-order valence-electron chi connectivity index (χ3n) is 3.72. The van der Waals surface area contributed by atoms with Gasteiger partial charge in [-0.05, 0) is 42.7 Å². The number of ether oxygens (including phenoxy) is 2. The van der Waals surface area contributed by atoms with Gasteiger partial charge in [0.25, 0.3) is 0 Å². The molecule has 0 bridgehead atoms. The Morgan fingerprint density at radius 3 is 2.70 bits per heavy atom. The highest BCUT2D eigenvalue weighted by molar-refractivity contribution is 5.95. The van der Waals surface area contributed by atoms with Gasteiger partial charge in [0, 0.05) is 0 Å². The first kappa shape index (κ1) is 13.1. The number of esters is 1. The van der Waals surface area contributed by atoms with Gasteiger partial charge in [-0.15, -0.1) is 0 Å². The van der Waals surface area contributed by atoms with Crippen molar-refractivity contribution in [2.24, 2.45) is 0 Å². The molecule has 2 aromatic carbocycles. The smallest absolute Gasteiger partial charge is 0.338 e. The van der Waals surface area contributed by atoms with Crippen molar-refractivity contribution in [1.82, 2.24) is 0 Å². The monoisotopic (exact) mass is 270 g/mol. The maximum Gasteiger partial charge on any atom is 0.338 e. The fraction of sp³-hybridized carbons (Fsp3) is 0.353. The molecule has 0 spiro atoms. The zero-order valence-corrected chi connectivity index (χ0v) is 11.5. The maximum absolute atomic E-state index is 12.2. The quantitative estimate of drug-likeness (QED) is 0.783. The van der Waals surface area contributed by atoms with Crippen LogP contribution in [0.15, 0.2) is 42.5 Å². The average molecular weight is 270 g/mol. The molecule has 0 radical (unpaired) electrons. The third-order valence-corrected chi connectivity index (χ3v) is 3.72. The van der Waals surface area contributed by atoms with Crippen LogP contribution in [0.5, 0.6) is 0 Å². The number of fused-ring (bicyclic) bond motifs is 1. The van der Waals surface area contributed by atoms with Crippen molar-refractivity contribution in [2.75, 3.05) is 6.61 Å². The molecule has 2 atom stereocenters. The lowest BCUT2D eigenvalue weighted by atomic mass is 10.1. The zero-order valence-electron chi connectivity index (χ0n) is 11.5. The molecular weight excluding hydrogens is 252 g/mol. The summed E-state index contributed by atoms with van der Waals surface area (Å²) in [6.45, 7) is 2.54. The van der Waals surface area contributed by atoms with Gasteiger partial charge in [-0.25, -0.2) is 4.79 Å². The third kappa shape index (κ3) is 2.83. The van der Waals surface area contributed by atoms with Crippen molar-refractivity contribution in [1.29, 1.82) is 0 Å². The molecule has 0 aromatic heterocycles. The summed E-state index contributed by atoms with van der Waals surface area (Å²) in [6.07, 6.45) is 1.96. The molecule has 3 heteroatoms. The van der Waals surface area contributed by atoms with Crippen molar-refractivity contribution >= 4 is 16.7 Å². The van der Waals surface area contributed by atoms with Gasteiger partial charge < -0.3 is 9.47 Å². The minimum absolute atomic E-state index is 0.120. The van der Waals surface area contributed by atoms with E-state index in [0.29, 0.717) is 12.2 Å². The Kier molecular flexibility index (Phi) is 3.70. The SMILES string of the molecule is CC1CCC(OC(=O)c2ccc3ccccc3c2)CO1. The first-order chi connectivity index (χ1) is 9.72. The van der Waals surface area contributed by atoms with Gasteiger partial charge in [0.1, 0.15) is 6.10 Å². The second-order valence-corrected chi connectivity index (χ2v) is 5.31. The normalized spacial score (nSPS) is 22.6. The van der Waals surface area contributed by atoms with Crippen LogP contribution >= 0.6 is 0 Å². The fourth-order valence-electron chi connectivity index (χ4n) is 2.49. The highest BCUT2D eigenvalue weighted by Crippen LogP contribution is 2.19. The van der Waals surface area contributed by atoms with Gasteiger partial charge >= 0.3 is 5.97 Å². The van der Waals surface area contributed by atoms with E-state index in [4.69, 9.17) is 9.47 Å². The minimum atomic E-state index is -0.265. The largest absolute Gasteiger partial charge is 0.456 e. The molecule has 3 nitrogen and oxygen atoms in total. The summed E-state index contributed by atoms with van der Waals surface area (Å²) in [7, 11) is 0. The van der Waals surface area contributed by atoms with Crippen molar-refractivity contribution < 1.29 is 14.3 Å². The summed E-state index contributed by atoms with van der Waals surface area (Å²) in [5, 5.41) is 2.18. The molecule has 20 heavy (non-hydrogen) atoms. The van der Waals surface area contributed by atoms with Crippen LogP contribution in [-0.2, 0) is 9.47 Å². The van der Waals surface area contributed by atoms with Crippen LogP contribution in [0, 0.1) is 0 Å². The summed E-state index contributed by atoms with van der Waals surface area (Å²) in [5.41, 5.74) is 0.599. The second kappa shape index (κ2) is 5.63. The number of hydrogen-bond donors (Lipinski definition) is 0. The van der Waals surface area contributed by atoms with Gasteiger partial charge in [-0.2, -0.15) is 0 Å². The van der Waals surface area contributed by atoms with Crippen LogP contribution in [-0.4, -0.2) is 24.8 Å². The lowest BCUT2D eigenvalue weighted by Gasteiger charge is -2.26. The lowest BCUT2D eigenvalue weighted by molar-refractivity contribution is -0.0602. The molecule has 0 saturated carbocycles. The summed E-state index contributed by atoms with van der Waals surface area (Å²) >= 11 is 0. The standard InChI is InChI=1S/C17H18O3/c1-12-6-9-16(11-19-12)20-17(18)15-8-7-13-4-2-3-5-14(13)10-15/h2-5,7-8,10,12,16H,6,9,11H2,1H3. The molecular formula is C17H18O3. The Hall–Kier alpha value is -1.87. The zero-order chi connectivity index (χ0) is 13.9. The average Bonchev–Trinajstić information content (AvgIpc) is 2.49. The summed E-state index contributed by atoms with van der Waals surface area (Å²) in [6, 6.07) is 13.6. The van der Waals surface area contributed by atoms with Crippen LogP contribution in [0.3, 0.4) is 0 Å². The van der Waals surface area contributed by atoms with E-state index in [0.717, 1.165) is 23.6 Å². The Bertz CT molecular complexity index is 612. The Labute approximate surface area is 118 Å². The number of benzene rings is 2. The Morgan fingerprint density at radius 2 is 1.95 bits per heavy atom. The van der Waals surface area contributed by atoms with Gasteiger partial charge in [0.2, 0.25) is 0 Å². The van der Waals surface area contributed by atoms with E-state index in [9.17, 15) is 4.79 Å². The maximum atomic E-state index is 12.2. The van der Waals surface area contributed by atoms with Crippen molar-refractivity contribution in [3.05, 3.63) is 48.0 Å². The Balaban J connectivity index is 1.72. The van der Waals surface area contributed by atoms with Crippen LogP contribution in [0.25, 0.3) is 10.8 Å². The fourth-order valence-corrected chi connectivity index (χ4v) is 2.49. The predicted octanol–water partition coefficient (Wildman–Crippen LogP) is 3.56. The van der Waals surface area contributed by atoms with Crippen LogP contribution in [0.2, 0.25) is 0 Å². The van der Waals surface area contributed by atoms with E-state index >= 15 is 0 Å². The lowest BCUT2D eigenvalue weighted by Crippen LogP contribution is -2.31. The molecule has 3 rings (SSSR count). The highest BCUT2D eigenvalue weighted by Gasteiger charge is 2.22. The molecule has 1 aliphatic heterocycles. The van der Waals surface area contributed by atoms with Gasteiger partial charge in [-0.3, -0.25) is 0 Å². The summed E-state index contributed by atoms with van der Waals surface area (Å²) < 4.78 is 11.0. The number of rotatable bonds is 2. The predicted molar refractivity (Wildman–Crippen MR) is 77.8 cm³/mol. The van der Waals surface area contributed by atoms with E-state index in [-0.39, 0.29) is 18.2 Å². The molecule has 0 amide bonds. The second-order valence-electron chi connectivity index (χ2n) is 5.31. The molecule has 1 saturated heterocycles. The molecule has 1 fully saturated rings. The van der Waals surface area contributed by atoms with Crippen molar-refractivity contribution in [3.8, 4) is 0 Å². The van der Waals surface area contributed by atoms with Crippen molar-refractivity contribution in [3.63, 3.8) is 0 Å². The summed E-state index contributed by atoms with van der Waals surface area (Å²) in [4.78, 5) is 12.2. The molecule has 2 unspecified atom stereocenters. The first-order valence-corrected chi connectivity index (χ1v) is 7.04. The van der Waals surface area contributed by atoms with Crippen LogP contribution in [0.4, 0.5) is 0 Å². The van der Waals surface area contributed by atoms with Crippen LogP contribution in [0.1, 0.15) is 30.1 Å². The number of hydrogen-bond acceptors (Lipinski definition) is 3. The highest BCUT2D eigenvalue weighted by atomic mass is 16.6. The number of carbonyl (C=O) groups excluding carboxylic acids is 1. The summed E-state index contributed by atoms with van der Waals surface area (Å²) in [5.74, 6) is -0.265. The van der Waals surface area contributed by atoms with E-state index in [1.54, 1.807) is 0 Å². The van der Waals surface area contributed by atoms with E-state index in [1.165, 1.54) is 0 Å². The Morgan fingerprint density at radius 1 is 1.15 bits per heavy atom. The molecule has 1 aliphatic rings.